The SMILES string of the molecule is CCNC(C)(C#N)CCCCn1ccnc1CC. The van der Waals surface area contributed by atoms with E-state index in [1.54, 1.807) is 0 Å². The minimum Gasteiger partial charge on any atom is -0.335 e. The van der Waals surface area contributed by atoms with Gasteiger partial charge in [-0.1, -0.05) is 13.8 Å². The number of unbranched alkanes of at least 4 members (excludes halogenated alkanes) is 1. The molecule has 100 valence electrons. The summed E-state index contributed by atoms with van der Waals surface area (Å²) in [4.78, 5) is 4.31. The van der Waals surface area contributed by atoms with E-state index >= 15 is 0 Å². The van der Waals surface area contributed by atoms with Crippen molar-refractivity contribution in [1.29, 1.82) is 5.26 Å². The molecule has 18 heavy (non-hydrogen) atoms. The smallest absolute Gasteiger partial charge is 0.108 e. The molecule has 4 nitrogen and oxygen atoms in total. The second-order valence-electron chi connectivity index (χ2n) is 4.82. The van der Waals surface area contributed by atoms with Crippen molar-refractivity contribution < 1.29 is 0 Å². The Hall–Kier alpha value is -1.34. The van der Waals surface area contributed by atoms with Crippen LogP contribution in [-0.2, 0) is 13.0 Å². The van der Waals surface area contributed by atoms with Gasteiger partial charge in [0.15, 0.2) is 0 Å². The van der Waals surface area contributed by atoms with Gasteiger partial charge < -0.3 is 4.57 Å². The molecule has 0 bridgehead atoms. The van der Waals surface area contributed by atoms with E-state index in [4.69, 9.17) is 5.26 Å². The first-order chi connectivity index (χ1) is 8.65. The van der Waals surface area contributed by atoms with E-state index < -0.39 is 0 Å². The molecule has 0 saturated carbocycles. The van der Waals surface area contributed by atoms with Gasteiger partial charge >= 0.3 is 0 Å². The fourth-order valence-corrected chi connectivity index (χ4v) is 2.19. The zero-order chi connectivity index (χ0) is 13.4. The van der Waals surface area contributed by atoms with Crippen LogP contribution in [0.3, 0.4) is 0 Å². The number of nitrogens with one attached hydrogen (secondary N) is 1. The summed E-state index contributed by atoms with van der Waals surface area (Å²) >= 11 is 0. The van der Waals surface area contributed by atoms with Gasteiger partial charge in [-0.2, -0.15) is 5.26 Å². The minimum atomic E-state index is -0.378. The molecular weight excluding hydrogens is 224 g/mol. The van der Waals surface area contributed by atoms with Gasteiger partial charge in [0.1, 0.15) is 11.4 Å². The quantitative estimate of drug-likeness (QED) is 0.719. The molecule has 0 radical (unpaired) electrons. The predicted octanol–water partition coefficient (Wildman–Crippen LogP) is 2.51. The second kappa shape index (κ2) is 7.17. The van der Waals surface area contributed by atoms with Gasteiger partial charge in [-0.15, -0.1) is 0 Å². The van der Waals surface area contributed by atoms with Crippen LogP contribution in [0.25, 0.3) is 0 Å². The zero-order valence-corrected chi connectivity index (χ0v) is 11.7. The van der Waals surface area contributed by atoms with Gasteiger partial charge in [-0.3, -0.25) is 5.32 Å². The van der Waals surface area contributed by atoms with Crippen molar-refractivity contribution in [2.45, 2.75) is 58.5 Å². The maximum Gasteiger partial charge on any atom is 0.108 e. The molecule has 0 aliphatic carbocycles. The van der Waals surface area contributed by atoms with Crippen LogP contribution in [0.1, 0.15) is 45.9 Å². The first kappa shape index (κ1) is 14.7. The summed E-state index contributed by atoms with van der Waals surface area (Å²) in [5.41, 5.74) is -0.378. The highest BCUT2D eigenvalue weighted by molar-refractivity contribution is 5.03. The molecule has 0 aromatic carbocycles. The van der Waals surface area contributed by atoms with E-state index in [2.05, 4.69) is 27.9 Å². The van der Waals surface area contributed by atoms with E-state index in [0.29, 0.717) is 0 Å². The number of nitriles is 1. The number of aryl methyl sites for hydroxylation is 2. The number of hydrogen-bond acceptors (Lipinski definition) is 3. The maximum atomic E-state index is 9.15. The third kappa shape index (κ3) is 4.15. The van der Waals surface area contributed by atoms with Crippen molar-refractivity contribution in [3.63, 3.8) is 0 Å². The molecule has 0 spiro atoms. The number of imidazole rings is 1. The van der Waals surface area contributed by atoms with Gasteiger partial charge in [0.2, 0.25) is 0 Å². The highest BCUT2D eigenvalue weighted by atomic mass is 15.1. The van der Waals surface area contributed by atoms with Gasteiger partial charge in [0.25, 0.3) is 0 Å². The molecular formula is C14H24N4. The minimum absolute atomic E-state index is 0.378. The topological polar surface area (TPSA) is 53.6 Å². The van der Waals surface area contributed by atoms with Crippen molar-refractivity contribution in [2.75, 3.05) is 6.54 Å². The number of aromatic nitrogens is 2. The Morgan fingerprint density at radius 2 is 2.22 bits per heavy atom. The first-order valence-corrected chi connectivity index (χ1v) is 6.81. The van der Waals surface area contributed by atoms with Crippen LogP contribution in [0.2, 0.25) is 0 Å². The molecule has 1 unspecified atom stereocenters. The van der Waals surface area contributed by atoms with E-state index in [1.165, 1.54) is 0 Å². The van der Waals surface area contributed by atoms with Gasteiger partial charge in [0, 0.05) is 25.4 Å². The number of nitrogens with zero attached hydrogens (tertiary/aromatic N) is 3. The highest BCUT2D eigenvalue weighted by Crippen LogP contribution is 2.13. The normalized spacial score (nSPS) is 14.1. The maximum absolute atomic E-state index is 9.15. The Balaban J connectivity index is 2.32. The van der Waals surface area contributed by atoms with Crippen LogP contribution < -0.4 is 5.32 Å². The summed E-state index contributed by atoms with van der Waals surface area (Å²) in [5.74, 6) is 1.14. The molecule has 0 aliphatic rings. The highest BCUT2D eigenvalue weighted by Gasteiger charge is 2.21. The van der Waals surface area contributed by atoms with Crippen molar-refractivity contribution in [3.8, 4) is 6.07 Å². The Morgan fingerprint density at radius 1 is 1.44 bits per heavy atom. The summed E-state index contributed by atoms with van der Waals surface area (Å²) < 4.78 is 2.21. The van der Waals surface area contributed by atoms with Crippen LogP contribution in [0, 0.1) is 11.3 Å². The lowest BCUT2D eigenvalue weighted by molar-refractivity contribution is 0.403. The fourth-order valence-electron chi connectivity index (χ4n) is 2.19. The summed E-state index contributed by atoms with van der Waals surface area (Å²) in [6, 6.07) is 2.37. The van der Waals surface area contributed by atoms with E-state index in [0.717, 1.165) is 44.6 Å². The molecule has 1 rings (SSSR count). The van der Waals surface area contributed by atoms with Crippen LogP contribution in [0.5, 0.6) is 0 Å². The Labute approximate surface area is 110 Å². The van der Waals surface area contributed by atoms with Gasteiger partial charge in [-0.05, 0) is 32.7 Å². The van der Waals surface area contributed by atoms with Crippen molar-refractivity contribution >= 4 is 0 Å². The molecule has 1 heterocycles. The number of rotatable bonds is 8. The summed E-state index contributed by atoms with van der Waals surface area (Å²) in [7, 11) is 0. The molecule has 4 heteroatoms. The summed E-state index contributed by atoms with van der Waals surface area (Å²) in [6.45, 7) is 7.97. The molecule has 1 N–H and O–H groups in total. The van der Waals surface area contributed by atoms with Crippen LogP contribution in [-0.4, -0.2) is 21.6 Å². The standard InChI is InChI=1S/C14H24N4/c1-4-13-16-9-11-18(13)10-7-6-8-14(3,12-15)17-5-2/h9,11,17H,4-8,10H2,1-3H3. The molecule has 0 amide bonds. The summed E-state index contributed by atoms with van der Waals surface area (Å²) in [6.07, 6.45) is 7.90. The van der Waals surface area contributed by atoms with Gasteiger partial charge in [-0.25, -0.2) is 4.98 Å². The Kier molecular flexibility index (Phi) is 5.87. The monoisotopic (exact) mass is 248 g/mol. The van der Waals surface area contributed by atoms with Crippen LogP contribution >= 0.6 is 0 Å². The van der Waals surface area contributed by atoms with Crippen molar-refractivity contribution in [1.82, 2.24) is 14.9 Å². The largest absolute Gasteiger partial charge is 0.335 e. The molecule has 0 fully saturated rings. The predicted molar refractivity (Wildman–Crippen MR) is 73.2 cm³/mol. The summed E-state index contributed by atoms with van der Waals surface area (Å²) in [5, 5.41) is 12.4. The Bertz CT molecular complexity index is 391. The molecule has 1 atom stereocenters. The second-order valence-corrected chi connectivity index (χ2v) is 4.82. The van der Waals surface area contributed by atoms with Crippen LogP contribution in [0.4, 0.5) is 0 Å². The molecule has 0 aliphatic heterocycles. The van der Waals surface area contributed by atoms with E-state index in [-0.39, 0.29) is 5.54 Å². The average molecular weight is 248 g/mol. The lowest BCUT2D eigenvalue weighted by atomic mass is 9.96. The third-order valence-electron chi connectivity index (χ3n) is 3.26. The zero-order valence-electron chi connectivity index (χ0n) is 11.7. The van der Waals surface area contributed by atoms with Crippen molar-refractivity contribution in [2.24, 2.45) is 0 Å². The Morgan fingerprint density at radius 3 is 2.83 bits per heavy atom. The average Bonchev–Trinajstić information content (AvgIpc) is 2.82. The molecule has 0 saturated heterocycles. The number of hydrogen-bond donors (Lipinski definition) is 1. The van der Waals surface area contributed by atoms with E-state index in [1.807, 2.05) is 26.2 Å². The first-order valence-electron chi connectivity index (χ1n) is 6.81. The van der Waals surface area contributed by atoms with Gasteiger partial charge in [0.05, 0.1) is 6.07 Å². The van der Waals surface area contributed by atoms with Crippen LogP contribution in [0.15, 0.2) is 12.4 Å². The molecule has 1 aromatic rings. The molecule has 1 aromatic heterocycles. The van der Waals surface area contributed by atoms with Crippen molar-refractivity contribution in [3.05, 3.63) is 18.2 Å². The lowest BCUT2D eigenvalue weighted by Crippen LogP contribution is -2.40. The fraction of sp³-hybridized carbons (Fsp3) is 0.714. The van der Waals surface area contributed by atoms with E-state index in [9.17, 15) is 0 Å². The lowest BCUT2D eigenvalue weighted by Gasteiger charge is -2.22. The third-order valence-corrected chi connectivity index (χ3v) is 3.26.